The number of hydrogen-bond acceptors (Lipinski definition) is 14. The van der Waals surface area contributed by atoms with Gasteiger partial charge >= 0.3 is 0 Å². The molecule has 79 heavy (non-hydrogen) atoms. The Kier molecular flexibility index (Phi) is 16.4. The summed E-state index contributed by atoms with van der Waals surface area (Å²) >= 11 is 6.05. The highest BCUT2D eigenvalue weighted by Gasteiger charge is 2.28. The van der Waals surface area contributed by atoms with Crippen LogP contribution in [0.25, 0.3) is 22.1 Å². The maximum atomic E-state index is 11.9. The van der Waals surface area contributed by atoms with Gasteiger partial charge < -0.3 is 41.7 Å². The summed E-state index contributed by atoms with van der Waals surface area (Å²) in [5.41, 5.74) is 20.5. The normalized spacial score (nSPS) is 18.8. The van der Waals surface area contributed by atoms with Gasteiger partial charge in [-0.25, -0.2) is 19.3 Å². The fourth-order valence-corrected chi connectivity index (χ4v) is 11.5. The molecule has 2 fully saturated rings. The lowest BCUT2D eigenvalue weighted by Gasteiger charge is -2.28. The van der Waals surface area contributed by atoms with E-state index in [0.29, 0.717) is 19.0 Å². The third-order valence-electron chi connectivity index (χ3n) is 15.9. The van der Waals surface area contributed by atoms with Gasteiger partial charge in [0.15, 0.2) is 22.9 Å². The summed E-state index contributed by atoms with van der Waals surface area (Å²) in [6.07, 6.45) is 11.4. The summed E-state index contributed by atoms with van der Waals surface area (Å²) < 4.78 is 3.96. The molecule has 2 aliphatic carbocycles. The van der Waals surface area contributed by atoms with Gasteiger partial charge in [-0.05, 0) is 172 Å². The van der Waals surface area contributed by atoms with Gasteiger partial charge in [-0.1, -0.05) is 48.5 Å². The quantitative estimate of drug-likeness (QED) is 0.0614. The predicted molar refractivity (Wildman–Crippen MR) is 311 cm³/mol. The molecule has 4 aromatic heterocycles. The van der Waals surface area contributed by atoms with Gasteiger partial charge in [0.05, 0.1) is 35.1 Å². The van der Waals surface area contributed by atoms with Crippen molar-refractivity contribution in [2.45, 2.75) is 143 Å². The fourth-order valence-electron chi connectivity index (χ4n) is 11.3. The van der Waals surface area contributed by atoms with Crippen LogP contribution in [0.5, 0.6) is 0 Å². The number of nitrogens with zero attached hydrogens (tertiary/aromatic N) is 10. The molecule has 0 saturated heterocycles. The molecular weight excluding hydrogens is 1020 g/mol. The monoisotopic (exact) mass is 1090 g/mol. The Morgan fingerprint density at radius 3 is 1.53 bits per heavy atom. The molecule has 0 radical (unpaired) electrons. The number of aliphatic hydroxyl groups is 2. The zero-order chi connectivity index (χ0) is 55.5. The van der Waals surface area contributed by atoms with Crippen molar-refractivity contribution < 1.29 is 19.8 Å². The molecule has 2 aliphatic heterocycles. The molecule has 18 nitrogen and oxygen atoms in total. The first-order chi connectivity index (χ1) is 38.0. The van der Waals surface area contributed by atoms with E-state index in [2.05, 4.69) is 107 Å². The second-order valence-electron chi connectivity index (χ2n) is 21.6. The third-order valence-corrected chi connectivity index (χ3v) is 16.1. The van der Waals surface area contributed by atoms with Crippen LogP contribution in [-0.2, 0) is 35.5 Å². The number of benzene rings is 4. The van der Waals surface area contributed by atoms with Gasteiger partial charge in [0.2, 0.25) is 23.0 Å². The molecule has 4 aliphatic rings. The lowest BCUT2D eigenvalue weighted by atomic mass is 9.93. The molecule has 2 saturated carbocycles. The Morgan fingerprint density at radius 2 is 1.04 bits per heavy atom. The number of carbonyl (C=O) groups is 2. The highest BCUT2D eigenvalue weighted by Crippen LogP contribution is 2.37. The number of hydrogen-bond donors (Lipinski definition) is 6. The highest BCUT2D eigenvalue weighted by molar-refractivity contribution is 6.28. The van der Waals surface area contributed by atoms with Gasteiger partial charge in [-0.3, -0.25) is 9.59 Å². The van der Waals surface area contributed by atoms with Crippen molar-refractivity contribution in [1.82, 2.24) is 49.3 Å². The first kappa shape index (κ1) is 54.7. The summed E-state index contributed by atoms with van der Waals surface area (Å²) in [7, 11) is 0. The highest BCUT2D eigenvalue weighted by atomic mass is 35.5. The first-order valence-electron chi connectivity index (χ1n) is 27.5. The average molecular weight is 1090 g/mol. The fraction of sp³-hybridized carbons (Fsp3) is 0.400. The van der Waals surface area contributed by atoms with Crippen LogP contribution in [0.1, 0.15) is 122 Å². The van der Waals surface area contributed by atoms with E-state index in [9.17, 15) is 19.8 Å². The third kappa shape index (κ3) is 12.5. The van der Waals surface area contributed by atoms with E-state index in [0.717, 1.165) is 162 Å². The van der Waals surface area contributed by atoms with Gasteiger partial charge in [0.1, 0.15) is 0 Å². The number of fused-ring (bicyclic) bond motifs is 4. The van der Waals surface area contributed by atoms with E-state index in [1.807, 2.05) is 49.6 Å². The Morgan fingerprint density at radius 1 is 0.582 bits per heavy atom. The van der Waals surface area contributed by atoms with Crippen molar-refractivity contribution in [2.75, 3.05) is 34.8 Å². The maximum absolute atomic E-state index is 11.9. The number of aliphatic hydroxyl groups excluding tert-OH is 2. The van der Waals surface area contributed by atoms with Gasteiger partial charge in [0.25, 0.3) is 0 Å². The molecule has 19 heteroatoms. The van der Waals surface area contributed by atoms with Crippen LogP contribution in [0.15, 0.2) is 85.2 Å². The number of carbonyl (C=O) groups excluding carboxylic acids is 2. The van der Waals surface area contributed by atoms with Crippen LogP contribution in [0.4, 0.5) is 40.3 Å². The van der Waals surface area contributed by atoms with E-state index >= 15 is 0 Å². The van der Waals surface area contributed by atoms with Crippen LogP contribution >= 0.6 is 11.6 Å². The number of nitrogens with one attached hydrogen (secondary N) is 3. The summed E-state index contributed by atoms with van der Waals surface area (Å²) in [5.74, 6) is 2.20. The zero-order valence-corrected chi connectivity index (χ0v) is 46.7. The van der Waals surface area contributed by atoms with Crippen LogP contribution in [0.2, 0.25) is 5.28 Å². The summed E-state index contributed by atoms with van der Waals surface area (Å²) in [5, 5.41) is 42.0. The SMILES string of the molecule is CC(=O)N1CCc2ccc(N)cc2C1.CC(=O)N1CCc2ccc(Nc3ncc4c(Nc5c(C)cccc5C)nn(C5CCC(O)CC5)c4n3)cc2C1.Cc1cccc(C)c1Nc1nn(C2CCC(O)CC2)c2nc(Cl)ncc12. The number of aryl methyl sites for hydroxylation is 4. The van der Waals surface area contributed by atoms with E-state index in [4.69, 9.17) is 32.5 Å². The van der Waals surface area contributed by atoms with Crippen molar-refractivity contribution in [3.63, 3.8) is 0 Å². The lowest BCUT2D eigenvalue weighted by Crippen LogP contribution is -2.34. The van der Waals surface area contributed by atoms with Gasteiger partial charge in [0, 0.05) is 75.2 Å². The second kappa shape index (κ2) is 23.7. The second-order valence-corrected chi connectivity index (χ2v) is 22.0. The van der Waals surface area contributed by atoms with Crippen molar-refractivity contribution in [3.8, 4) is 0 Å². The minimum Gasteiger partial charge on any atom is -0.399 e. The molecule has 12 rings (SSSR count). The molecule has 6 heterocycles. The minimum atomic E-state index is -0.245. The van der Waals surface area contributed by atoms with E-state index in [1.165, 1.54) is 16.7 Å². The smallest absolute Gasteiger partial charge is 0.229 e. The summed E-state index contributed by atoms with van der Waals surface area (Å²) in [6, 6.07) is 25.0. The molecule has 8 aromatic rings. The number of anilines is 7. The molecule has 0 unspecified atom stereocenters. The maximum Gasteiger partial charge on any atom is 0.229 e. The van der Waals surface area contributed by atoms with Gasteiger partial charge in [-0.15, -0.1) is 0 Å². The van der Waals surface area contributed by atoms with Crippen molar-refractivity contribution >= 4 is 85.8 Å². The number of nitrogens with two attached hydrogens (primary N) is 1. The Labute approximate surface area is 465 Å². The standard InChI is InChI=1S/C30H35N7O2.C19H22ClN5O.C11H14N2O/c1-18-5-4-6-19(2)27(18)33-28-26-16-31-30(34-29(26)37(35-28)24-9-11-25(39)12-10-24)32-23-8-7-21-13-14-36(20(3)38)17-22(21)15-23;1-11-4-3-5-12(2)16(11)22-17-15-10-21-19(20)23-18(15)25(24-17)13-6-8-14(26)9-7-13;1-8(14)13-5-4-9-2-3-11(12)6-10(9)7-13/h4-8,15-16,24-25,39H,9-14,17H2,1-3H3,(H,33,35)(H,31,32,34);3-5,10,13-14,26H,6-9H2,1-2H3,(H,22,24);2-3,6H,4-5,7,12H2,1H3. The van der Waals surface area contributed by atoms with Crippen molar-refractivity contribution in [1.29, 1.82) is 0 Å². The van der Waals surface area contributed by atoms with E-state index < -0.39 is 0 Å². The Hall–Kier alpha value is -7.67. The van der Waals surface area contributed by atoms with Crippen LogP contribution in [0.3, 0.4) is 0 Å². The van der Waals surface area contributed by atoms with E-state index in [-0.39, 0.29) is 41.4 Å². The van der Waals surface area contributed by atoms with Crippen LogP contribution in [-0.4, -0.2) is 96.6 Å². The Balaban J connectivity index is 0.000000150. The molecule has 0 atom stereocenters. The predicted octanol–water partition coefficient (Wildman–Crippen LogP) is 10.8. The molecule has 0 spiro atoms. The minimum absolute atomic E-state index is 0.0987. The average Bonchev–Trinajstić information content (AvgIpc) is 4.16. The number of amides is 2. The van der Waals surface area contributed by atoms with Gasteiger partial charge in [-0.2, -0.15) is 20.2 Å². The number of aromatic nitrogens is 8. The first-order valence-corrected chi connectivity index (χ1v) is 27.9. The molecule has 412 valence electrons. The van der Waals surface area contributed by atoms with Crippen LogP contribution in [0, 0.1) is 27.7 Å². The summed E-state index contributed by atoms with van der Waals surface area (Å²) in [4.78, 5) is 45.0. The lowest BCUT2D eigenvalue weighted by molar-refractivity contribution is -0.130. The zero-order valence-electron chi connectivity index (χ0n) is 45.9. The Bertz CT molecular complexity index is 3490. The molecule has 2 amide bonds. The van der Waals surface area contributed by atoms with Crippen LogP contribution < -0.4 is 21.7 Å². The van der Waals surface area contributed by atoms with E-state index in [1.54, 1.807) is 20.0 Å². The number of nitrogen functional groups attached to an aromatic ring is 1. The van der Waals surface area contributed by atoms with Crippen molar-refractivity contribution in [3.05, 3.63) is 135 Å². The largest absolute Gasteiger partial charge is 0.399 e. The number of halogens is 1. The summed E-state index contributed by atoms with van der Waals surface area (Å²) in [6.45, 7) is 14.5. The molecule has 7 N–H and O–H groups in total. The number of rotatable bonds is 8. The van der Waals surface area contributed by atoms with Crippen molar-refractivity contribution in [2.24, 2.45) is 0 Å². The number of para-hydroxylation sites is 2. The molecule has 4 aromatic carbocycles. The molecular formula is C60H71ClN14O4. The topological polar surface area (TPSA) is 230 Å². The molecule has 0 bridgehead atoms.